The van der Waals surface area contributed by atoms with Crippen LogP contribution >= 0.6 is 0 Å². The van der Waals surface area contributed by atoms with Gasteiger partial charge >= 0.3 is 0 Å². The highest BCUT2D eigenvalue weighted by Crippen LogP contribution is 2.23. The number of nitriles is 1. The van der Waals surface area contributed by atoms with Gasteiger partial charge in [-0.3, -0.25) is 0 Å². The molecular weight excluding hydrogens is 372 g/mol. The van der Waals surface area contributed by atoms with Gasteiger partial charge in [-0.25, -0.2) is 4.98 Å². The highest BCUT2D eigenvalue weighted by atomic mass is 15.2. The van der Waals surface area contributed by atoms with E-state index in [9.17, 15) is 5.26 Å². The van der Waals surface area contributed by atoms with Crippen molar-refractivity contribution in [2.45, 2.75) is 19.3 Å². The van der Waals surface area contributed by atoms with Crippen LogP contribution in [0.4, 0.5) is 17.5 Å². The van der Waals surface area contributed by atoms with Crippen LogP contribution in [-0.4, -0.2) is 41.0 Å². The minimum Gasteiger partial charge on any atom is -0.353 e. The second kappa shape index (κ2) is 9.86. The summed E-state index contributed by atoms with van der Waals surface area (Å²) in [5.41, 5.74) is 3.59. The Morgan fingerprint density at radius 3 is 2.37 bits per heavy atom. The molecule has 1 saturated heterocycles. The lowest BCUT2D eigenvalue weighted by Gasteiger charge is -2.26. The van der Waals surface area contributed by atoms with Gasteiger partial charge in [0.15, 0.2) is 0 Å². The molecule has 3 aromatic rings. The molecule has 1 fully saturated rings. The van der Waals surface area contributed by atoms with E-state index in [0.717, 1.165) is 37.4 Å². The van der Waals surface area contributed by atoms with E-state index >= 15 is 0 Å². The second-order valence-corrected chi connectivity index (χ2v) is 7.47. The molecule has 2 heterocycles. The Morgan fingerprint density at radius 2 is 1.63 bits per heavy atom. The maximum absolute atomic E-state index is 9.34. The normalized spacial score (nSPS) is 14.1. The van der Waals surface area contributed by atoms with Crippen LogP contribution in [0, 0.1) is 11.3 Å². The van der Waals surface area contributed by atoms with Gasteiger partial charge in [-0.05, 0) is 49.2 Å². The van der Waals surface area contributed by atoms with Crippen molar-refractivity contribution in [3.05, 3.63) is 66.4 Å². The highest BCUT2D eigenvalue weighted by molar-refractivity contribution is 5.68. The summed E-state index contributed by atoms with van der Waals surface area (Å²) in [5.74, 6) is 1.09. The first-order valence-corrected chi connectivity index (χ1v) is 10.5. The van der Waals surface area contributed by atoms with Gasteiger partial charge < -0.3 is 15.5 Å². The number of benzene rings is 2. The predicted molar refractivity (Wildman–Crippen MR) is 121 cm³/mol. The Bertz CT molecular complexity index is 988. The molecule has 2 N–H and O–H groups in total. The molecule has 6 heteroatoms. The van der Waals surface area contributed by atoms with Gasteiger partial charge in [0, 0.05) is 24.8 Å². The predicted octanol–water partition coefficient (Wildman–Crippen LogP) is 4.66. The van der Waals surface area contributed by atoms with E-state index in [4.69, 9.17) is 0 Å². The lowest BCUT2D eigenvalue weighted by molar-refractivity contribution is 0.237. The number of nitrogens with zero attached hydrogens (tertiary/aromatic N) is 4. The molecule has 1 aliphatic rings. The van der Waals surface area contributed by atoms with Gasteiger partial charge in [0.2, 0.25) is 5.95 Å². The number of rotatable bonds is 7. The molecule has 0 spiro atoms. The molecule has 4 rings (SSSR count). The first-order chi connectivity index (χ1) is 14.8. The largest absolute Gasteiger partial charge is 0.353 e. The molecule has 30 heavy (non-hydrogen) atoms. The summed E-state index contributed by atoms with van der Waals surface area (Å²) >= 11 is 0. The molecular formula is C24H26N6. The van der Waals surface area contributed by atoms with Gasteiger partial charge in [-0.15, -0.1) is 0 Å². The van der Waals surface area contributed by atoms with Crippen molar-refractivity contribution >= 4 is 17.5 Å². The molecule has 1 aliphatic heterocycles. The summed E-state index contributed by atoms with van der Waals surface area (Å²) < 4.78 is 0. The number of likely N-dealkylation sites (tertiary alicyclic amines) is 1. The van der Waals surface area contributed by atoms with Crippen molar-refractivity contribution in [1.29, 1.82) is 5.26 Å². The van der Waals surface area contributed by atoms with Crippen molar-refractivity contribution in [1.82, 2.24) is 14.9 Å². The fourth-order valence-corrected chi connectivity index (χ4v) is 3.68. The third kappa shape index (κ3) is 5.34. The third-order valence-electron chi connectivity index (χ3n) is 5.26. The topological polar surface area (TPSA) is 76.9 Å². The molecule has 0 radical (unpaired) electrons. The summed E-state index contributed by atoms with van der Waals surface area (Å²) in [6, 6.07) is 22.2. The van der Waals surface area contributed by atoms with Crippen LogP contribution in [0.2, 0.25) is 0 Å². The molecule has 0 atom stereocenters. The van der Waals surface area contributed by atoms with Crippen molar-refractivity contribution in [3.63, 3.8) is 0 Å². The number of aromatic nitrogens is 2. The van der Waals surface area contributed by atoms with Crippen LogP contribution in [0.15, 0.2) is 60.7 Å². The van der Waals surface area contributed by atoms with Gasteiger partial charge in [-0.1, -0.05) is 48.9 Å². The van der Waals surface area contributed by atoms with E-state index in [1.807, 2.05) is 30.3 Å². The van der Waals surface area contributed by atoms with Gasteiger partial charge in [0.1, 0.15) is 17.6 Å². The zero-order valence-corrected chi connectivity index (χ0v) is 17.0. The molecule has 152 valence electrons. The maximum atomic E-state index is 9.34. The van der Waals surface area contributed by atoms with Crippen LogP contribution in [0.5, 0.6) is 0 Å². The Balaban J connectivity index is 1.40. The van der Waals surface area contributed by atoms with Gasteiger partial charge in [0.05, 0.1) is 0 Å². The van der Waals surface area contributed by atoms with Crippen molar-refractivity contribution < 1.29 is 0 Å². The third-order valence-corrected chi connectivity index (χ3v) is 5.26. The number of hydrogen-bond acceptors (Lipinski definition) is 6. The van der Waals surface area contributed by atoms with Crippen LogP contribution < -0.4 is 10.6 Å². The van der Waals surface area contributed by atoms with Crippen LogP contribution in [0.3, 0.4) is 0 Å². The second-order valence-electron chi connectivity index (χ2n) is 7.47. The molecule has 0 bridgehead atoms. The first-order valence-electron chi connectivity index (χ1n) is 10.5. The minimum absolute atomic E-state index is 0.342. The molecule has 6 nitrogen and oxygen atoms in total. The van der Waals surface area contributed by atoms with Crippen LogP contribution in [-0.2, 0) is 0 Å². The summed E-state index contributed by atoms with van der Waals surface area (Å²) in [6.45, 7) is 4.04. The smallest absolute Gasteiger partial charge is 0.225 e. The zero-order chi connectivity index (χ0) is 20.6. The van der Waals surface area contributed by atoms with Crippen molar-refractivity contribution in [2.75, 3.05) is 36.8 Å². The fourth-order valence-electron chi connectivity index (χ4n) is 3.68. The standard InChI is InChI=1S/C24H26N6/c25-18-22-17-23(29-24(28-22)26-13-16-30-14-5-2-6-15-30)27-21-11-9-20(10-12-21)19-7-3-1-4-8-19/h1,3-4,7-12,17H,2,5-6,13-16H2,(H2,26,27,28,29). The molecule has 0 aliphatic carbocycles. The molecule has 0 unspecified atom stereocenters. The number of piperidine rings is 1. The van der Waals surface area contributed by atoms with Gasteiger partial charge in [0.25, 0.3) is 0 Å². The molecule has 2 aromatic carbocycles. The highest BCUT2D eigenvalue weighted by Gasteiger charge is 2.10. The Kier molecular flexibility index (Phi) is 6.53. The van der Waals surface area contributed by atoms with E-state index in [-0.39, 0.29) is 0 Å². The quantitative estimate of drug-likeness (QED) is 0.603. The van der Waals surface area contributed by atoms with E-state index < -0.39 is 0 Å². The van der Waals surface area contributed by atoms with E-state index in [1.54, 1.807) is 6.07 Å². The van der Waals surface area contributed by atoms with E-state index in [1.165, 1.54) is 24.8 Å². The lowest BCUT2D eigenvalue weighted by Crippen LogP contribution is -2.33. The monoisotopic (exact) mass is 398 g/mol. The SMILES string of the molecule is N#Cc1cc(Nc2ccc(-c3ccccc3)cc2)nc(NCCN2CCCCC2)n1. The summed E-state index contributed by atoms with van der Waals surface area (Å²) in [5, 5.41) is 15.9. The summed E-state index contributed by atoms with van der Waals surface area (Å²) in [7, 11) is 0. The zero-order valence-electron chi connectivity index (χ0n) is 17.0. The number of anilines is 3. The molecule has 0 amide bonds. The Morgan fingerprint density at radius 1 is 0.900 bits per heavy atom. The summed E-state index contributed by atoms with van der Waals surface area (Å²) in [6.07, 6.45) is 3.88. The minimum atomic E-state index is 0.342. The summed E-state index contributed by atoms with van der Waals surface area (Å²) in [4.78, 5) is 11.3. The van der Waals surface area contributed by atoms with Crippen molar-refractivity contribution in [2.24, 2.45) is 0 Å². The van der Waals surface area contributed by atoms with Crippen LogP contribution in [0.1, 0.15) is 25.0 Å². The number of nitrogens with one attached hydrogen (secondary N) is 2. The van der Waals surface area contributed by atoms with E-state index in [2.05, 4.69) is 55.8 Å². The van der Waals surface area contributed by atoms with E-state index in [0.29, 0.717) is 17.5 Å². The average Bonchev–Trinajstić information content (AvgIpc) is 2.81. The Hall–Kier alpha value is -3.43. The fraction of sp³-hybridized carbons (Fsp3) is 0.292. The molecule has 1 aromatic heterocycles. The first kappa shape index (κ1) is 19.9. The number of hydrogen-bond donors (Lipinski definition) is 2. The van der Waals surface area contributed by atoms with Crippen molar-refractivity contribution in [3.8, 4) is 17.2 Å². The Labute approximate surface area is 177 Å². The maximum Gasteiger partial charge on any atom is 0.225 e. The molecule has 0 saturated carbocycles. The van der Waals surface area contributed by atoms with Gasteiger partial charge in [-0.2, -0.15) is 10.2 Å². The lowest BCUT2D eigenvalue weighted by atomic mass is 10.1. The average molecular weight is 399 g/mol. The van der Waals surface area contributed by atoms with Crippen LogP contribution in [0.25, 0.3) is 11.1 Å².